The van der Waals surface area contributed by atoms with E-state index < -0.39 is 35.5 Å². The number of hydrogen-bond acceptors (Lipinski definition) is 7. The topological polar surface area (TPSA) is 111 Å². The standard InChI is InChI=1S/C32H43FN4O5/c1-18-26-17-37(27(18)19(2)38)30(39)28(32(3,4)5)36-31(40)42-25-13-9-11-20(25)10-7-6-8-12-23-29(41-26)35-24-16-21(33)14-15-22(24)34-23/h14-16,18,20,25-28H,6-13,17H2,1-5H3,(H,36,40)/t18-,20-,25-,26+,27+,28-/m1/s1. The second-order valence-corrected chi connectivity index (χ2v) is 13.3. The van der Waals surface area contributed by atoms with Crippen LogP contribution in [0.4, 0.5) is 9.18 Å². The lowest BCUT2D eigenvalue weighted by molar-refractivity contribution is -0.141. The number of hydrogen-bond donors (Lipinski definition) is 1. The lowest BCUT2D eigenvalue weighted by Gasteiger charge is -2.35. The third-order valence-electron chi connectivity index (χ3n) is 9.13. The van der Waals surface area contributed by atoms with Crippen LogP contribution in [0, 0.1) is 23.1 Å². The average molecular weight is 583 g/mol. The zero-order valence-electron chi connectivity index (χ0n) is 25.3. The van der Waals surface area contributed by atoms with Gasteiger partial charge in [0, 0.05) is 12.0 Å². The molecule has 1 saturated heterocycles. The van der Waals surface area contributed by atoms with Gasteiger partial charge in [-0.05, 0) is 68.9 Å². The normalized spacial score (nSPS) is 29.5. The van der Waals surface area contributed by atoms with Crippen LogP contribution in [0.25, 0.3) is 11.0 Å². The molecule has 3 heterocycles. The number of ketones is 1. The van der Waals surface area contributed by atoms with E-state index in [-0.39, 0.29) is 36.2 Å². The zero-order valence-corrected chi connectivity index (χ0v) is 25.3. The Hall–Kier alpha value is -3.30. The number of nitrogens with zero attached hydrogens (tertiary/aromatic N) is 3. The molecule has 42 heavy (non-hydrogen) atoms. The van der Waals surface area contributed by atoms with Gasteiger partial charge < -0.3 is 19.7 Å². The molecule has 2 aromatic rings. The second-order valence-electron chi connectivity index (χ2n) is 13.3. The summed E-state index contributed by atoms with van der Waals surface area (Å²) in [4.78, 5) is 51.2. The maximum absolute atomic E-state index is 14.1. The summed E-state index contributed by atoms with van der Waals surface area (Å²) >= 11 is 0. The molecule has 1 aliphatic carbocycles. The molecule has 228 valence electrons. The Morgan fingerprint density at radius 3 is 2.50 bits per heavy atom. The summed E-state index contributed by atoms with van der Waals surface area (Å²) < 4.78 is 26.4. The second kappa shape index (κ2) is 12.1. The Labute approximate surface area is 246 Å². The average Bonchev–Trinajstić information content (AvgIpc) is 3.49. The fourth-order valence-electron chi connectivity index (χ4n) is 6.84. The Morgan fingerprint density at radius 2 is 1.76 bits per heavy atom. The van der Waals surface area contributed by atoms with Gasteiger partial charge in [-0.2, -0.15) is 0 Å². The van der Waals surface area contributed by atoms with Crippen molar-refractivity contribution in [3.63, 3.8) is 0 Å². The number of aryl methyl sites for hydroxylation is 1. The monoisotopic (exact) mass is 582 g/mol. The minimum atomic E-state index is -0.907. The summed E-state index contributed by atoms with van der Waals surface area (Å²) in [5, 5.41) is 2.86. The fourth-order valence-corrected chi connectivity index (χ4v) is 6.84. The number of ether oxygens (including phenoxy) is 2. The van der Waals surface area contributed by atoms with Crippen molar-refractivity contribution in [3.8, 4) is 5.88 Å². The summed E-state index contributed by atoms with van der Waals surface area (Å²) in [6, 6.07) is 2.68. The molecule has 9 nitrogen and oxygen atoms in total. The quantitative estimate of drug-likeness (QED) is 0.481. The van der Waals surface area contributed by atoms with E-state index in [1.54, 1.807) is 6.07 Å². The molecule has 2 fully saturated rings. The number of aromatic nitrogens is 2. The lowest BCUT2D eigenvalue weighted by atomic mass is 9.85. The van der Waals surface area contributed by atoms with Crippen LogP contribution < -0.4 is 10.1 Å². The highest BCUT2D eigenvalue weighted by atomic mass is 19.1. The molecule has 0 unspecified atom stereocenters. The van der Waals surface area contributed by atoms with Crippen LogP contribution in [0.1, 0.15) is 85.3 Å². The highest BCUT2D eigenvalue weighted by Gasteiger charge is 2.49. The van der Waals surface area contributed by atoms with Crippen molar-refractivity contribution in [2.75, 3.05) is 6.54 Å². The third-order valence-corrected chi connectivity index (χ3v) is 9.13. The maximum Gasteiger partial charge on any atom is 0.408 e. The van der Waals surface area contributed by atoms with Gasteiger partial charge in [-0.15, -0.1) is 0 Å². The molecular formula is C32H43FN4O5. The van der Waals surface area contributed by atoms with Gasteiger partial charge in [0.2, 0.25) is 11.8 Å². The Kier molecular flexibility index (Phi) is 8.71. The van der Waals surface area contributed by atoms with Crippen molar-refractivity contribution in [1.82, 2.24) is 20.2 Å². The smallest absolute Gasteiger partial charge is 0.408 e. The molecule has 0 radical (unpaired) electrons. The van der Waals surface area contributed by atoms with Gasteiger partial charge in [0.25, 0.3) is 0 Å². The van der Waals surface area contributed by atoms with Crippen LogP contribution in [0.2, 0.25) is 0 Å². The van der Waals surface area contributed by atoms with Gasteiger partial charge in [0.05, 0.1) is 23.6 Å². The number of benzene rings is 1. The molecule has 10 heteroatoms. The van der Waals surface area contributed by atoms with E-state index in [2.05, 4.69) is 10.3 Å². The number of halogens is 1. The largest absolute Gasteiger partial charge is 0.471 e. The van der Waals surface area contributed by atoms with Gasteiger partial charge in [-0.25, -0.2) is 19.2 Å². The van der Waals surface area contributed by atoms with Crippen molar-refractivity contribution in [2.45, 2.75) is 110 Å². The highest BCUT2D eigenvalue weighted by Crippen LogP contribution is 2.35. The van der Waals surface area contributed by atoms with Crippen LogP contribution in [0.5, 0.6) is 5.88 Å². The molecule has 6 atom stereocenters. The first-order chi connectivity index (χ1) is 19.9. The lowest BCUT2D eigenvalue weighted by Crippen LogP contribution is -2.57. The van der Waals surface area contributed by atoms with E-state index in [0.717, 1.165) is 44.9 Å². The first-order valence-corrected chi connectivity index (χ1v) is 15.3. The van der Waals surface area contributed by atoms with E-state index in [4.69, 9.17) is 14.5 Å². The number of rotatable bonds is 1. The van der Waals surface area contributed by atoms with E-state index >= 15 is 0 Å². The molecular weight excluding hydrogens is 539 g/mol. The summed E-state index contributed by atoms with van der Waals surface area (Å²) in [7, 11) is 0. The number of amides is 2. The summed E-state index contributed by atoms with van der Waals surface area (Å²) in [6.07, 6.45) is 5.94. The van der Waals surface area contributed by atoms with Crippen molar-refractivity contribution < 1.29 is 28.2 Å². The van der Waals surface area contributed by atoms with Gasteiger partial charge in [0.1, 0.15) is 29.8 Å². The minimum Gasteiger partial charge on any atom is -0.471 e. The van der Waals surface area contributed by atoms with Crippen LogP contribution in [0.3, 0.4) is 0 Å². The zero-order chi connectivity index (χ0) is 30.2. The predicted octanol–water partition coefficient (Wildman–Crippen LogP) is 5.38. The maximum atomic E-state index is 14.1. The molecule has 1 aromatic heterocycles. The molecule has 1 N–H and O–H groups in total. The number of carbonyl (C=O) groups excluding carboxylic acids is 3. The molecule has 1 aromatic carbocycles. The highest BCUT2D eigenvalue weighted by molar-refractivity contribution is 5.92. The van der Waals surface area contributed by atoms with Crippen LogP contribution in [0.15, 0.2) is 18.2 Å². The molecule has 2 amide bonds. The summed E-state index contributed by atoms with van der Waals surface area (Å²) in [5.74, 6) is -0.679. The third kappa shape index (κ3) is 6.37. The number of Topliss-reactive ketones (excluding diaryl/α,β-unsaturated/α-hetero) is 1. The van der Waals surface area contributed by atoms with Gasteiger partial charge in [0.15, 0.2) is 5.78 Å². The number of nitrogens with one attached hydrogen (secondary N) is 1. The molecule has 2 bridgehead atoms. The predicted molar refractivity (Wildman–Crippen MR) is 155 cm³/mol. The molecule has 0 spiro atoms. The first kappa shape index (κ1) is 30.2. The summed E-state index contributed by atoms with van der Waals surface area (Å²) in [6.45, 7) is 9.14. The molecule has 1 saturated carbocycles. The van der Waals surface area contributed by atoms with E-state index in [1.807, 2.05) is 27.7 Å². The van der Waals surface area contributed by atoms with Crippen LogP contribution in [-0.4, -0.2) is 63.5 Å². The Morgan fingerprint density at radius 1 is 1.00 bits per heavy atom. The van der Waals surface area contributed by atoms with E-state index in [1.165, 1.54) is 24.0 Å². The van der Waals surface area contributed by atoms with Gasteiger partial charge in [-0.3, -0.25) is 9.59 Å². The van der Waals surface area contributed by atoms with Crippen molar-refractivity contribution in [3.05, 3.63) is 29.7 Å². The van der Waals surface area contributed by atoms with Crippen molar-refractivity contribution in [2.24, 2.45) is 17.3 Å². The van der Waals surface area contributed by atoms with Gasteiger partial charge in [-0.1, -0.05) is 40.5 Å². The Balaban J connectivity index is 1.52. The van der Waals surface area contributed by atoms with Crippen molar-refractivity contribution in [1.29, 1.82) is 0 Å². The van der Waals surface area contributed by atoms with Crippen LogP contribution in [-0.2, 0) is 20.7 Å². The SMILES string of the molecule is CC(=O)[C@@H]1[C@H](C)[C@@H]2CN1C(=O)[C@H](C(C)(C)C)NC(=O)O[C@@H]1CCC[C@H]1CCCCCc1nc3ccc(F)cc3nc1O2. The Bertz CT molecular complexity index is 1340. The number of carbonyl (C=O) groups is 3. The van der Waals surface area contributed by atoms with Crippen molar-refractivity contribution >= 4 is 28.8 Å². The molecule has 5 rings (SSSR count). The fraction of sp³-hybridized carbons (Fsp3) is 0.656. The van der Waals surface area contributed by atoms with E-state index in [0.29, 0.717) is 29.0 Å². The molecule has 3 aliphatic rings. The number of fused-ring (bicyclic) bond motifs is 5. The van der Waals surface area contributed by atoms with Gasteiger partial charge >= 0.3 is 6.09 Å². The molecule has 2 aliphatic heterocycles. The minimum absolute atomic E-state index is 0.139. The number of alkyl carbamates (subject to hydrolysis) is 1. The van der Waals surface area contributed by atoms with Crippen LogP contribution >= 0.6 is 0 Å². The van der Waals surface area contributed by atoms with E-state index in [9.17, 15) is 18.8 Å². The summed E-state index contributed by atoms with van der Waals surface area (Å²) in [5.41, 5.74) is 1.03. The first-order valence-electron chi connectivity index (χ1n) is 15.3.